The number of hydrogen-bond acceptors (Lipinski definition) is 7. The van der Waals surface area contributed by atoms with Crippen molar-refractivity contribution >= 4 is 29.4 Å². The molecule has 1 aliphatic carbocycles. The summed E-state index contributed by atoms with van der Waals surface area (Å²) in [6.07, 6.45) is 4.71. The number of fused-ring (bicyclic) bond motifs is 1. The molecular weight excluding hydrogens is 382 g/mol. The molecule has 9 heteroatoms. The predicted molar refractivity (Wildman–Crippen MR) is 106 cm³/mol. The summed E-state index contributed by atoms with van der Waals surface area (Å²) in [6.45, 7) is -0.305. The summed E-state index contributed by atoms with van der Waals surface area (Å²) >= 11 is 1.52. The molecule has 0 spiro atoms. The molecule has 2 amide bonds. The van der Waals surface area contributed by atoms with Crippen LogP contribution < -0.4 is 25.4 Å². The Bertz CT molecular complexity index is 876. The van der Waals surface area contributed by atoms with Gasteiger partial charge in [-0.15, -0.1) is 11.3 Å². The highest BCUT2D eigenvalue weighted by atomic mass is 32.1. The lowest BCUT2D eigenvalue weighted by Crippen LogP contribution is -2.20. The van der Waals surface area contributed by atoms with Gasteiger partial charge in [-0.25, -0.2) is 5.43 Å². The van der Waals surface area contributed by atoms with Gasteiger partial charge in [-0.2, -0.15) is 5.10 Å². The highest BCUT2D eigenvalue weighted by molar-refractivity contribution is 7.14. The maximum atomic E-state index is 12.3. The van der Waals surface area contributed by atoms with Crippen LogP contribution in [0.25, 0.3) is 0 Å². The van der Waals surface area contributed by atoms with E-state index in [1.807, 2.05) is 6.07 Å². The number of nitrogens with two attached hydrogens (primary N) is 1. The molecule has 0 unspecified atom stereocenters. The fourth-order valence-electron chi connectivity index (χ4n) is 2.92. The summed E-state index contributed by atoms with van der Waals surface area (Å²) in [6, 6.07) is 5.23. The zero-order valence-corrected chi connectivity index (χ0v) is 16.4. The van der Waals surface area contributed by atoms with Gasteiger partial charge in [-0.1, -0.05) is 0 Å². The summed E-state index contributed by atoms with van der Waals surface area (Å²) in [5, 5.41) is 4.01. The van der Waals surface area contributed by atoms with E-state index in [0.717, 1.165) is 19.3 Å². The lowest BCUT2D eigenvalue weighted by molar-refractivity contribution is -0.120. The molecule has 0 atom stereocenters. The number of nitrogens with zero attached hydrogens (tertiary/aromatic N) is 1. The van der Waals surface area contributed by atoms with Crippen molar-refractivity contribution in [2.24, 2.45) is 10.8 Å². The second kappa shape index (κ2) is 8.75. The summed E-state index contributed by atoms with van der Waals surface area (Å²) in [7, 11) is 2.93. The van der Waals surface area contributed by atoms with E-state index in [1.165, 1.54) is 42.2 Å². The van der Waals surface area contributed by atoms with Gasteiger partial charge in [-0.3, -0.25) is 9.59 Å². The topological polar surface area (TPSA) is 112 Å². The van der Waals surface area contributed by atoms with Crippen molar-refractivity contribution in [1.82, 2.24) is 5.43 Å². The van der Waals surface area contributed by atoms with Gasteiger partial charge in [0.2, 0.25) is 5.75 Å². The van der Waals surface area contributed by atoms with Crippen LogP contribution in [0, 0.1) is 0 Å². The third kappa shape index (κ3) is 4.42. The Morgan fingerprint density at radius 2 is 1.93 bits per heavy atom. The van der Waals surface area contributed by atoms with Crippen LogP contribution in [0.15, 0.2) is 23.3 Å². The molecule has 0 bridgehead atoms. The number of nitrogens with one attached hydrogen (secondary N) is 1. The SMILES string of the molecule is COc1cc(/C=N\NC(=O)c2cc3c(s2)CCC3)cc(OC)c1OCC(N)=O. The number of hydrogen-bond donors (Lipinski definition) is 2. The minimum atomic E-state index is -0.614. The molecule has 3 rings (SSSR count). The van der Waals surface area contributed by atoms with Gasteiger partial charge in [0.05, 0.1) is 25.3 Å². The van der Waals surface area contributed by atoms with Crippen molar-refractivity contribution in [1.29, 1.82) is 0 Å². The molecule has 0 fully saturated rings. The average molecular weight is 403 g/mol. The molecule has 1 aromatic heterocycles. The minimum absolute atomic E-state index is 0.240. The molecule has 1 aromatic carbocycles. The van der Waals surface area contributed by atoms with E-state index < -0.39 is 5.91 Å². The average Bonchev–Trinajstić information content (AvgIpc) is 3.28. The quantitative estimate of drug-likeness (QED) is 0.516. The van der Waals surface area contributed by atoms with Gasteiger partial charge in [-0.05, 0) is 43.0 Å². The number of benzene rings is 1. The van der Waals surface area contributed by atoms with E-state index >= 15 is 0 Å². The maximum absolute atomic E-state index is 12.3. The van der Waals surface area contributed by atoms with Crippen molar-refractivity contribution in [2.45, 2.75) is 19.3 Å². The first-order valence-corrected chi connectivity index (χ1v) is 9.45. The molecule has 0 saturated carbocycles. The number of aryl methyl sites for hydroxylation is 2. The van der Waals surface area contributed by atoms with Crippen LogP contribution in [0.1, 0.15) is 32.1 Å². The van der Waals surface area contributed by atoms with Crippen molar-refractivity contribution in [2.75, 3.05) is 20.8 Å². The van der Waals surface area contributed by atoms with Crippen molar-refractivity contribution in [3.8, 4) is 17.2 Å². The normalized spacial score (nSPS) is 12.6. The smallest absolute Gasteiger partial charge is 0.281 e. The summed E-state index contributed by atoms with van der Waals surface area (Å²) in [5.74, 6) is 0.109. The maximum Gasteiger partial charge on any atom is 0.281 e. The molecule has 1 aliphatic rings. The molecule has 0 saturated heterocycles. The zero-order chi connectivity index (χ0) is 20.1. The molecule has 8 nitrogen and oxygen atoms in total. The van der Waals surface area contributed by atoms with Crippen LogP contribution in [0.3, 0.4) is 0 Å². The van der Waals surface area contributed by atoms with Gasteiger partial charge in [0.1, 0.15) is 0 Å². The van der Waals surface area contributed by atoms with E-state index in [4.69, 9.17) is 19.9 Å². The highest BCUT2D eigenvalue weighted by Crippen LogP contribution is 2.38. The Hall–Kier alpha value is -3.07. The Kier molecular flexibility index (Phi) is 6.15. The zero-order valence-electron chi connectivity index (χ0n) is 15.6. The molecule has 0 aliphatic heterocycles. The fourth-order valence-corrected chi connectivity index (χ4v) is 4.07. The standard InChI is InChI=1S/C19H21N3O5S/c1-25-13-6-11(7-14(26-2)18(13)27-10-17(20)23)9-21-22-19(24)16-8-12-4-3-5-15(12)28-16/h6-9H,3-5,10H2,1-2H3,(H2,20,23)(H,22,24)/b21-9-. The monoisotopic (exact) mass is 403 g/mol. The van der Waals surface area contributed by atoms with Crippen LogP contribution >= 0.6 is 11.3 Å². The molecule has 0 radical (unpaired) electrons. The van der Waals surface area contributed by atoms with Crippen molar-refractivity contribution in [3.63, 3.8) is 0 Å². The lowest BCUT2D eigenvalue weighted by atomic mass is 10.2. The van der Waals surface area contributed by atoms with Crippen molar-refractivity contribution < 1.29 is 23.8 Å². The number of primary amides is 1. The van der Waals surface area contributed by atoms with E-state index in [9.17, 15) is 9.59 Å². The van der Waals surface area contributed by atoms with E-state index in [2.05, 4.69) is 10.5 Å². The minimum Gasteiger partial charge on any atom is -0.493 e. The Morgan fingerprint density at radius 1 is 1.21 bits per heavy atom. The first-order chi connectivity index (χ1) is 13.5. The van der Waals surface area contributed by atoms with E-state index in [0.29, 0.717) is 21.9 Å². The Labute approximate surface area is 166 Å². The summed E-state index contributed by atoms with van der Waals surface area (Å²) in [5.41, 5.74) is 9.53. The molecule has 1 heterocycles. The third-order valence-corrected chi connectivity index (χ3v) is 5.43. The first-order valence-electron chi connectivity index (χ1n) is 8.64. The Morgan fingerprint density at radius 3 is 2.54 bits per heavy atom. The van der Waals surface area contributed by atoms with Gasteiger partial charge < -0.3 is 19.9 Å². The van der Waals surface area contributed by atoms with Crippen molar-refractivity contribution in [3.05, 3.63) is 39.1 Å². The lowest BCUT2D eigenvalue weighted by Gasteiger charge is -2.14. The molecule has 2 aromatic rings. The molecule has 28 heavy (non-hydrogen) atoms. The molecule has 3 N–H and O–H groups in total. The number of carbonyl (C=O) groups excluding carboxylic acids is 2. The molecule has 148 valence electrons. The van der Waals surface area contributed by atoms with Gasteiger partial charge in [0.25, 0.3) is 11.8 Å². The largest absolute Gasteiger partial charge is 0.493 e. The van der Waals surface area contributed by atoms with Gasteiger partial charge in [0.15, 0.2) is 18.1 Å². The third-order valence-electron chi connectivity index (χ3n) is 4.19. The number of amides is 2. The van der Waals surface area contributed by atoms with Gasteiger partial charge in [0, 0.05) is 10.4 Å². The van der Waals surface area contributed by atoms with E-state index in [-0.39, 0.29) is 18.3 Å². The number of hydrazone groups is 1. The first kappa shape index (κ1) is 19.7. The number of carbonyl (C=O) groups is 2. The number of ether oxygens (including phenoxy) is 3. The van der Waals surface area contributed by atoms with Crippen LogP contribution in [0.5, 0.6) is 17.2 Å². The second-order valence-corrected chi connectivity index (χ2v) is 7.26. The van der Waals surface area contributed by atoms with Crippen LogP contribution in [0.4, 0.5) is 0 Å². The summed E-state index contributed by atoms with van der Waals surface area (Å²) in [4.78, 5) is 25.2. The summed E-state index contributed by atoms with van der Waals surface area (Å²) < 4.78 is 15.9. The molecular formula is C19H21N3O5S. The number of thiophene rings is 1. The van der Waals surface area contributed by atoms with Crippen LogP contribution in [0.2, 0.25) is 0 Å². The highest BCUT2D eigenvalue weighted by Gasteiger charge is 2.18. The predicted octanol–water partition coefficient (Wildman–Crippen LogP) is 1.88. The second-order valence-electron chi connectivity index (χ2n) is 6.12. The van der Waals surface area contributed by atoms with Crippen LogP contribution in [-0.2, 0) is 17.6 Å². The van der Waals surface area contributed by atoms with E-state index in [1.54, 1.807) is 12.1 Å². The van der Waals surface area contributed by atoms with Gasteiger partial charge >= 0.3 is 0 Å². The number of methoxy groups -OCH3 is 2. The number of rotatable bonds is 8. The fraction of sp³-hybridized carbons (Fsp3) is 0.316. The Balaban J connectivity index is 1.71. The van der Waals surface area contributed by atoms with Crippen LogP contribution in [-0.4, -0.2) is 38.9 Å².